The molecule has 62 heavy (non-hydrogen) atoms. The van der Waals surface area contributed by atoms with E-state index in [0.717, 1.165) is 53.5 Å². The van der Waals surface area contributed by atoms with Gasteiger partial charge in [0, 0.05) is 40.1 Å². The number of aryl methyl sites for hydroxylation is 1. The number of ether oxygens (including phenoxy) is 1. The van der Waals surface area contributed by atoms with Gasteiger partial charge in [0.2, 0.25) is 0 Å². The Morgan fingerprint density at radius 3 is 1.61 bits per heavy atom. The molecule has 0 unspecified atom stereocenters. The van der Waals surface area contributed by atoms with Crippen LogP contribution in [0, 0.1) is 0 Å². The molecule has 0 fully saturated rings. The Morgan fingerprint density at radius 1 is 0.435 bits per heavy atom. The van der Waals surface area contributed by atoms with E-state index < -0.39 is 0 Å². The Labute approximate surface area is 365 Å². The highest BCUT2D eigenvalue weighted by atomic mass is 16.5. The Morgan fingerprint density at radius 2 is 1.00 bits per heavy atom. The molecule has 0 N–H and O–H groups in total. The van der Waals surface area contributed by atoms with Crippen molar-refractivity contribution < 1.29 is 4.74 Å². The van der Waals surface area contributed by atoms with Crippen molar-refractivity contribution in [2.24, 2.45) is 0 Å². The smallest absolute Gasteiger partial charge is 0.256 e. The number of hydrogen-bond acceptors (Lipinski definition) is 3. The summed E-state index contributed by atoms with van der Waals surface area (Å²) in [7, 11) is 0. The summed E-state index contributed by atoms with van der Waals surface area (Å²) in [5.41, 5.74) is 18.8. The van der Waals surface area contributed by atoms with Crippen molar-refractivity contribution in [3.63, 3.8) is 0 Å². The van der Waals surface area contributed by atoms with Gasteiger partial charge in [-0.1, -0.05) is 165 Å². The lowest BCUT2D eigenvalue weighted by atomic mass is 9.34. The lowest BCUT2D eigenvalue weighted by Gasteiger charge is -2.41. The fraction of sp³-hybridized carbons (Fsp3) is 0.0690. The van der Waals surface area contributed by atoms with Crippen LogP contribution in [0.4, 0.5) is 34.1 Å². The van der Waals surface area contributed by atoms with Crippen LogP contribution < -0.4 is 30.9 Å². The van der Waals surface area contributed by atoms with E-state index in [1.165, 1.54) is 66.7 Å². The van der Waals surface area contributed by atoms with Crippen LogP contribution in [0.1, 0.15) is 25.3 Å². The molecule has 0 aromatic heterocycles. The van der Waals surface area contributed by atoms with Gasteiger partial charge < -0.3 is 14.5 Å². The lowest BCUT2D eigenvalue weighted by Crippen LogP contribution is -2.59. The van der Waals surface area contributed by atoms with Gasteiger partial charge in [0.15, 0.2) is 0 Å². The molecule has 0 radical (unpaired) electrons. The van der Waals surface area contributed by atoms with Gasteiger partial charge in [-0.15, -0.1) is 0 Å². The first-order valence-electron chi connectivity index (χ1n) is 21.8. The normalized spacial score (nSPS) is 12.2. The summed E-state index contributed by atoms with van der Waals surface area (Å²) in [5, 5.41) is 0. The molecule has 2 aliphatic rings. The first-order valence-corrected chi connectivity index (χ1v) is 21.8. The summed E-state index contributed by atoms with van der Waals surface area (Å²) in [6, 6.07) is 79.2. The largest absolute Gasteiger partial charge is 0.458 e. The third-order valence-electron chi connectivity index (χ3n) is 12.5. The van der Waals surface area contributed by atoms with E-state index >= 15 is 0 Å². The van der Waals surface area contributed by atoms with Gasteiger partial charge >= 0.3 is 0 Å². The summed E-state index contributed by atoms with van der Waals surface area (Å²) < 4.78 is 7.26. The fourth-order valence-electron chi connectivity index (χ4n) is 9.52. The van der Waals surface area contributed by atoms with Crippen LogP contribution in [0.5, 0.6) is 11.5 Å². The lowest BCUT2D eigenvalue weighted by molar-refractivity contribution is 0.487. The van der Waals surface area contributed by atoms with Crippen molar-refractivity contribution in [1.29, 1.82) is 0 Å². The van der Waals surface area contributed by atoms with E-state index in [4.69, 9.17) is 4.74 Å². The summed E-state index contributed by atoms with van der Waals surface area (Å²) >= 11 is 0. The van der Waals surface area contributed by atoms with Gasteiger partial charge in [0.05, 0.1) is 5.69 Å². The predicted molar refractivity (Wildman–Crippen MR) is 262 cm³/mol. The molecule has 0 spiro atoms. The highest BCUT2D eigenvalue weighted by molar-refractivity contribution is 6.99. The molecular formula is C58H45BN2O. The van der Waals surface area contributed by atoms with Crippen LogP contribution in [0.15, 0.2) is 218 Å². The average Bonchev–Trinajstić information content (AvgIpc) is 3.34. The Bertz CT molecular complexity index is 2990. The minimum Gasteiger partial charge on any atom is -0.458 e. The van der Waals surface area contributed by atoms with Gasteiger partial charge in [-0.3, -0.25) is 0 Å². The molecule has 0 bridgehead atoms. The van der Waals surface area contributed by atoms with Crippen LogP contribution in [-0.2, 0) is 6.42 Å². The van der Waals surface area contributed by atoms with E-state index in [1.807, 2.05) is 0 Å². The molecule has 9 aromatic rings. The van der Waals surface area contributed by atoms with Crippen molar-refractivity contribution in [3.8, 4) is 44.9 Å². The van der Waals surface area contributed by atoms with E-state index in [-0.39, 0.29) is 6.71 Å². The fourth-order valence-corrected chi connectivity index (χ4v) is 9.52. The Kier molecular flexibility index (Phi) is 9.75. The number of benzene rings is 9. The number of rotatable bonds is 10. The molecule has 3 nitrogen and oxygen atoms in total. The maximum Gasteiger partial charge on any atom is 0.256 e. The zero-order chi connectivity index (χ0) is 41.4. The van der Waals surface area contributed by atoms with Crippen LogP contribution in [0.3, 0.4) is 0 Å². The summed E-state index contributed by atoms with van der Waals surface area (Å²) in [4.78, 5) is 4.85. The maximum atomic E-state index is 7.26. The highest BCUT2D eigenvalue weighted by Crippen LogP contribution is 2.47. The number of nitrogens with zero attached hydrogens (tertiary/aromatic N) is 2. The third kappa shape index (κ3) is 6.75. The number of para-hydroxylation sites is 2. The second-order valence-electron chi connectivity index (χ2n) is 16.3. The van der Waals surface area contributed by atoms with E-state index in [0.29, 0.717) is 0 Å². The van der Waals surface area contributed by atoms with Gasteiger partial charge in [-0.2, -0.15) is 0 Å². The van der Waals surface area contributed by atoms with Crippen molar-refractivity contribution in [1.82, 2.24) is 0 Å². The van der Waals surface area contributed by atoms with Gasteiger partial charge in [-0.05, 0) is 123 Å². The molecule has 0 amide bonds. The standard InChI is InChI=1S/C58H45BN2O/c1-2-3-19-41-36-55-58-57(37-41)62-56-40-49(60(47-26-15-7-16-27-47)48-28-17-8-18-29-48)32-33-51(56)59(58)52-39-46(43-22-11-5-12-23-43)31-35-54(52)61(55)53-34-30-45(42-20-9-4-10-21-42)38-50(53)44-24-13-6-14-25-44/h4-18,20-40H,2-3,19H2,1H3. The monoisotopic (exact) mass is 796 g/mol. The quantitative estimate of drug-likeness (QED) is 0.128. The van der Waals surface area contributed by atoms with Crippen molar-refractivity contribution in [3.05, 3.63) is 224 Å². The van der Waals surface area contributed by atoms with Gasteiger partial charge in [0.1, 0.15) is 11.5 Å². The second kappa shape index (κ2) is 16.1. The molecule has 0 atom stereocenters. The van der Waals surface area contributed by atoms with Crippen LogP contribution >= 0.6 is 0 Å². The van der Waals surface area contributed by atoms with Crippen molar-refractivity contribution >= 4 is 57.2 Å². The summed E-state index contributed by atoms with van der Waals surface area (Å²) in [6.07, 6.45) is 3.19. The van der Waals surface area contributed by atoms with Gasteiger partial charge in [-0.25, -0.2) is 0 Å². The highest BCUT2D eigenvalue weighted by Gasteiger charge is 2.43. The molecule has 4 heteroatoms. The van der Waals surface area contributed by atoms with E-state index in [9.17, 15) is 0 Å². The minimum atomic E-state index is -0.0568. The zero-order valence-electron chi connectivity index (χ0n) is 34.8. The van der Waals surface area contributed by atoms with Crippen molar-refractivity contribution in [2.75, 3.05) is 9.80 Å². The minimum absolute atomic E-state index is 0.0568. The maximum absolute atomic E-state index is 7.26. The molecule has 0 saturated heterocycles. The van der Waals surface area contributed by atoms with Crippen LogP contribution in [-0.4, -0.2) is 6.71 Å². The Balaban J connectivity index is 1.16. The molecule has 0 saturated carbocycles. The first kappa shape index (κ1) is 37.4. The predicted octanol–water partition coefficient (Wildman–Crippen LogP) is 13.9. The average molecular weight is 797 g/mol. The number of anilines is 6. The third-order valence-corrected chi connectivity index (χ3v) is 12.5. The number of fused-ring (bicyclic) bond motifs is 4. The summed E-state index contributed by atoms with van der Waals surface area (Å²) in [6.45, 7) is 2.21. The van der Waals surface area contributed by atoms with E-state index in [2.05, 4.69) is 235 Å². The molecule has 2 heterocycles. The van der Waals surface area contributed by atoms with Crippen LogP contribution in [0.25, 0.3) is 33.4 Å². The molecule has 9 aromatic carbocycles. The molecule has 296 valence electrons. The SMILES string of the molecule is CCCCc1cc2c3c(c1)N(c1ccc(-c4ccccc4)cc1-c1ccccc1)c1ccc(-c4ccccc4)cc1B3c1ccc(N(c3ccccc3)c3ccccc3)cc1O2. The zero-order valence-corrected chi connectivity index (χ0v) is 34.8. The molecule has 0 aliphatic carbocycles. The number of unbranched alkanes of at least 4 members (excludes halogenated alkanes) is 1. The topological polar surface area (TPSA) is 15.7 Å². The Hall–Kier alpha value is -7.56. The number of hydrogen-bond donors (Lipinski definition) is 0. The van der Waals surface area contributed by atoms with E-state index in [1.54, 1.807) is 0 Å². The summed E-state index contributed by atoms with van der Waals surface area (Å²) in [5.74, 6) is 1.81. The molecular weight excluding hydrogens is 751 g/mol. The van der Waals surface area contributed by atoms with Crippen molar-refractivity contribution in [2.45, 2.75) is 26.2 Å². The molecule has 11 rings (SSSR count). The molecule has 2 aliphatic heterocycles. The van der Waals surface area contributed by atoms with Gasteiger partial charge in [0.25, 0.3) is 6.71 Å². The second-order valence-corrected chi connectivity index (χ2v) is 16.3. The van der Waals surface area contributed by atoms with Crippen LogP contribution in [0.2, 0.25) is 0 Å². The first-order chi connectivity index (χ1) is 30.7.